The average molecular weight is 279 g/mol. The summed E-state index contributed by atoms with van der Waals surface area (Å²) in [6.45, 7) is 8.86. The predicted molar refractivity (Wildman–Crippen MR) is 85.4 cm³/mol. The minimum absolute atomic E-state index is 0.144. The standard InChI is InChI=1S/C18H30FN/c1-4-5-6-7-17(14-20-13-15(2)3)12-16-8-10-18(19)11-9-16/h8-11,15,17,20H,4-7,12-14H2,1-3H3. The van der Waals surface area contributed by atoms with Gasteiger partial charge in [-0.1, -0.05) is 52.2 Å². The van der Waals surface area contributed by atoms with Crippen molar-refractivity contribution in [3.05, 3.63) is 35.6 Å². The first-order valence-electron chi connectivity index (χ1n) is 8.07. The van der Waals surface area contributed by atoms with E-state index in [2.05, 4.69) is 26.1 Å². The molecule has 1 N–H and O–H groups in total. The van der Waals surface area contributed by atoms with Crippen LogP contribution in [0.25, 0.3) is 0 Å². The van der Waals surface area contributed by atoms with Crippen LogP contribution in [0.1, 0.15) is 52.0 Å². The fraction of sp³-hybridized carbons (Fsp3) is 0.667. The van der Waals surface area contributed by atoms with Gasteiger partial charge in [-0.2, -0.15) is 0 Å². The lowest BCUT2D eigenvalue weighted by Gasteiger charge is -2.18. The Balaban J connectivity index is 2.45. The largest absolute Gasteiger partial charge is 0.316 e. The van der Waals surface area contributed by atoms with Crippen molar-refractivity contribution in [1.82, 2.24) is 5.32 Å². The molecule has 0 amide bonds. The van der Waals surface area contributed by atoms with Crippen molar-refractivity contribution in [2.24, 2.45) is 11.8 Å². The Morgan fingerprint density at radius 3 is 2.35 bits per heavy atom. The summed E-state index contributed by atoms with van der Waals surface area (Å²) >= 11 is 0. The zero-order valence-electron chi connectivity index (χ0n) is 13.3. The highest BCUT2D eigenvalue weighted by atomic mass is 19.1. The average Bonchev–Trinajstić information content (AvgIpc) is 2.41. The Bertz CT molecular complexity index is 345. The van der Waals surface area contributed by atoms with Gasteiger partial charge >= 0.3 is 0 Å². The van der Waals surface area contributed by atoms with Crippen molar-refractivity contribution in [1.29, 1.82) is 0 Å². The molecule has 0 heterocycles. The van der Waals surface area contributed by atoms with Gasteiger partial charge in [-0.25, -0.2) is 4.39 Å². The number of benzene rings is 1. The molecule has 1 unspecified atom stereocenters. The van der Waals surface area contributed by atoms with Crippen molar-refractivity contribution in [2.75, 3.05) is 13.1 Å². The lowest BCUT2D eigenvalue weighted by atomic mass is 9.93. The fourth-order valence-electron chi connectivity index (χ4n) is 2.49. The first-order valence-corrected chi connectivity index (χ1v) is 8.07. The van der Waals surface area contributed by atoms with Gasteiger partial charge in [-0.05, 0) is 55.5 Å². The van der Waals surface area contributed by atoms with Crippen molar-refractivity contribution < 1.29 is 4.39 Å². The summed E-state index contributed by atoms with van der Waals surface area (Å²) < 4.78 is 13.0. The molecule has 0 aliphatic rings. The minimum atomic E-state index is -0.144. The quantitative estimate of drug-likeness (QED) is 0.606. The molecule has 1 aromatic carbocycles. The van der Waals surface area contributed by atoms with Crippen LogP contribution in [-0.2, 0) is 6.42 Å². The van der Waals surface area contributed by atoms with Crippen LogP contribution in [0.15, 0.2) is 24.3 Å². The molecule has 1 aromatic rings. The predicted octanol–water partition coefficient (Wildman–Crippen LogP) is 4.81. The Morgan fingerprint density at radius 2 is 1.75 bits per heavy atom. The second-order valence-electron chi connectivity index (χ2n) is 6.24. The lowest BCUT2D eigenvalue weighted by molar-refractivity contribution is 0.409. The van der Waals surface area contributed by atoms with Crippen LogP contribution in [0.4, 0.5) is 4.39 Å². The molecule has 114 valence electrons. The first-order chi connectivity index (χ1) is 9.61. The van der Waals surface area contributed by atoms with Gasteiger partial charge in [0, 0.05) is 0 Å². The van der Waals surface area contributed by atoms with E-state index >= 15 is 0 Å². The van der Waals surface area contributed by atoms with E-state index in [1.54, 1.807) is 12.1 Å². The van der Waals surface area contributed by atoms with E-state index in [1.807, 2.05) is 12.1 Å². The molecule has 2 heteroatoms. The Morgan fingerprint density at radius 1 is 1.05 bits per heavy atom. The minimum Gasteiger partial charge on any atom is -0.316 e. The third kappa shape index (κ3) is 7.64. The van der Waals surface area contributed by atoms with Gasteiger partial charge in [0.05, 0.1) is 0 Å². The number of halogens is 1. The molecule has 0 saturated carbocycles. The third-order valence-electron chi connectivity index (χ3n) is 3.64. The number of hydrogen-bond acceptors (Lipinski definition) is 1. The van der Waals surface area contributed by atoms with E-state index in [-0.39, 0.29) is 5.82 Å². The number of hydrogen-bond donors (Lipinski definition) is 1. The summed E-state index contributed by atoms with van der Waals surface area (Å²) in [5.41, 5.74) is 1.25. The molecule has 0 radical (unpaired) electrons. The second-order valence-corrected chi connectivity index (χ2v) is 6.24. The molecule has 0 aromatic heterocycles. The number of unbranched alkanes of at least 4 members (excludes halogenated alkanes) is 2. The van der Waals surface area contributed by atoms with Crippen molar-refractivity contribution in [3.8, 4) is 0 Å². The molecule has 0 saturated heterocycles. The van der Waals surface area contributed by atoms with Crippen LogP contribution in [-0.4, -0.2) is 13.1 Å². The third-order valence-corrected chi connectivity index (χ3v) is 3.64. The summed E-state index contributed by atoms with van der Waals surface area (Å²) in [5.74, 6) is 1.21. The van der Waals surface area contributed by atoms with E-state index in [0.717, 1.165) is 19.5 Å². The van der Waals surface area contributed by atoms with Crippen LogP contribution >= 0.6 is 0 Å². The molecule has 0 fully saturated rings. The van der Waals surface area contributed by atoms with Crippen LogP contribution in [0.2, 0.25) is 0 Å². The molecular formula is C18H30FN. The van der Waals surface area contributed by atoms with Crippen molar-refractivity contribution in [2.45, 2.75) is 52.9 Å². The Labute approximate surface area is 124 Å². The maximum atomic E-state index is 13.0. The first kappa shape index (κ1) is 17.2. The van der Waals surface area contributed by atoms with Crippen LogP contribution in [0.5, 0.6) is 0 Å². The topological polar surface area (TPSA) is 12.0 Å². The normalized spacial score (nSPS) is 12.8. The highest BCUT2D eigenvalue weighted by molar-refractivity contribution is 5.16. The summed E-state index contributed by atoms with van der Waals surface area (Å²) in [6, 6.07) is 6.98. The molecule has 0 aliphatic heterocycles. The molecule has 0 spiro atoms. The summed E-state index contributed by atoms with van der Waals surface area (Å²) in [7, 11) is 0. The number of rotatable bonds is 10. The molecule has 1 nitrogen and oxygen atoms in total. The summed E-state index contributed by atoms with van der Waals surface area (Å²) in [4.78, 5) is 0. The van der Waals surface area contributed by atoms with Crippen LogP contribution < -0.4 is 5.32 Å². The Hall–Kier alpha value is -0.890. The van der Waals surface area contributed by atoms with Crippen LogP contribution in [0, 0.1) is 17.7 Å². The van der Waals surface area contributed by atoms with E-state index in [9.17, 15) is 4.39 Å². The molecule has 0 bridgehead atoms. The summed E-state index contributed by atoms with van der Waals surface area (Å²) in [5, 5.41) is 3.57. The van der Waals surface area contributed by atoms with E-state index < -0.39 is 0 Å². The number of nitrogens with one attached hydrogen (secondary N) is 1. The molecule has 0 aliphatic carbocycles. The Kier molecular flexibility index (Phi) is 8.52. The van der Waals surface area contributed by atoms with E-state index in [4.69, 9.17) is 0 Å². The zero-order valence-corrected chi connectivity index (χ0v) is 13.3. The molecule has 1 rings (SSSR count). The van der Waals surface area contributed by atoms with Gasteiger partial charge < -0.3 is 5.32 Å². The zero-order chi connectivity index (χ0) is 14.8. The second kappa shape index (κ2) is 9.93. The lowest BCUT2D eigenvalue weighted by Crippen LogP contribution is -2.27. The highest BCUT2D eigenvalue weighted by Gasteiger charge is 2.10. The highest BCUT2D eigenvalue weighted by Crippen LogP contribution is 2.16. The van der Waals surface area contributed by atoms with Gasteiger partial charge in [0.15, 0.2) is 0 Å². The molecule has 20 heavy (non-hydrogen) atoms. The van der Waals surface area contributed by atoms with Gasteiger partial charge in [-0.3, -0.25) is 0 Å². The molecular weight excluding hydrogens is 249 g/mol. The van der Waals surface area contributed by atoms with Crippen molar-refractivity contribution >= 4 is 0 Å². The van der Waals surface area contributed by atoms with Crippen LogP contribution in [0.3, 0.4) is 0 Å². The SMILES string of the molecule is CCCCCC(CNCC(C)C)Cc1ccc(F)cc1. The summed E-state index contributed by atoms with van der Waals surface area (Å²) in [6.07, 6.45) is 6.18. The van der Waals surface area contributed by atoms with Gasteiger partial charge in [-0.15, -0.1) is 0 Å². The fourth-order valence-corrected chi connectivity index (χ4v) is 2.49. The van der Waals surface area contributed by atoms with Crippen molar-refractivity contribution in [3.63, 3.8) is 0 Å². The molecule has 1 atom stereocenters. The maximum absolute atomic E-state index is 13.0. The van der Waals surface area contributed by atoms with Gasteiger partial charge in [0.2, 0.25) is 0 Å². The van der Waals surface area contributed by atoms with E-state index in [1.165, 1.54) is 31.2 Å². The monoisotopic (exact) mass is 279 g/mol. The smallest absolute Gasteiger partial charge is 0.123 e. The van der Waals surface area contributed by atoms with Gasteiger partial charge in [0.25, 0.3) is 0 Å². The maximum Gasteiger partial charge on any atom is 0.123 e. The van der Waals surface area contributed by atoms with E-state index in [0.29, 0.717) is 11.8 Å². The van der Waals surface area contributed by atoms with Gasteiger partial charge in [0.1, 0.15) is 5.82 Å².